The molecule has 0 bridgehead atoms. The zero-order valence-electron chi connectivity index (χ0n) is 11.4. The predicted molar refractivity (Wildman–Crippen MR) is 74.7 cm³/mol. The van der Waals surface area contributed by atoms with E-state index in [0.717, 1.165) is 25.7 Å². The van der Waals surface area contributed by atoms with Crippen LogP contribution in [0.2, 0.25) is 0 Å². The van der Waals surface area contributed by atoms with Crippen LogP contribution in [0.4, 0.5) is 0 Å². The summed E-state index contributed by atoms with van der Waals surface area (Å²) in [5.74, 6) is -0.229. The maximum atomic E-state index is 11.6. The first-order chi connectivity index (χ1) is 9.15. The Hall–Kier alpha value is -1.71. The lowest BCUT2D eigenvalue weighted by Crippen LogP contribution is -2.28. The average molecular weight is 263 g/mol. The molecule has 0 aromatic heterocycles. The molecular weight excluding hydrogens is 242 g/mol. The lowest BCUT2D eigenvalue weighted by molar-refractivity contribution is -0.507. The van der Waals surface area contributed by atoms with E-state index in [-0.39, 0.29) is 12.2 Å². The lowest BCUT2D eigenvalue weighted by atomic mass is 10.0. The van der Waals surface area contributed by atoms with Crippen LogP contribution in [0, 0.1) is 10.1 Å². The van der Waals surface area contributed by atoms with E-state index < -0.39 is 11.0 Å². The highest BCUT2D eigenvalue weighted by Crippen LogP contribution is 2.10. The molecule has 0 aliphatic carbocycles. The number of nitro groups is 1. The summed E-state index contributed by atoms with van der Waals surface area (Å²) in [6.07, 6.45) is 4.32. The first-order valence-electron chi connectivity index (χ1n) is 6.85. The monoisotopic (exact) mass is 263 g/mol. The minimum Gasteiger partial charge on any atom is -0.292 e. The molecule has 0 fully saturated rings. The standard InChI is InChI=1S/C15H21NO3/c1-2-14(16(18)19)15(17)12-8-4-7-11-13-9-5-3-6-10-13/h3,5-6,9-10,14H,2,4,7-8,11-12H2,1H3. The van der Waals surface area contributed by atoms with Gasteiger partial charge >= 0.3 is 0 Å². The van der Waals surface area contributed by atoms with Crippen LogP contribution in [0.25, 0.3) is 0 Å². The number of carbonyl (C=O) groups is 1. The van der Waals surface area contributed by atoms with E-state index in [1.165, 1.54) is 5.56 Å². The topological polar surface area (TPSA) is 60.2 Å². The predicted octanol–water partition coefficient (Wildman–Crippen LogP) is 3.41. The fourth-order valence-electron chi connectivity index (χ4n) is 2.11. The summed E-state index contributed by atoms with van der Waals surface area (Å²) in [5.41, 5.74) is 1.30. The van der Waals surface area contributed by atoms with Gasteiger partial charge in [-0.25, -0.2) is 0 Å². The second-order valence-corrected chi connectivity index (χ2v) is 4.72. The molecule has 0 amide bonds. The molecule has 0 saturated heterocycles. The molecule has 1 atom stereocenters. The number of benzene rings is 1. The fourth-order valence-corrected chi connectivity index (χ4v) is 2.11. The van der Waals surface area contributed by atoms with Crippen LogP contribution in [0.1, 0.15) is 44.6 Å². The van der Waals surface area contributed by atoms with Gasteiger partial charge in [-0.2, -0.15) is 0 Å². The third kappa shape index (κ3) is 5.64. The SMILES string of the molecule is CCC(C(=O)CCCCCc1ccccc1)[N+](=O)[O-]. The highest BCUT2D eigenvalue weighted by molar-refractivity contribution is 5.82. The van der Waals surface area contributed by atoms with Crippen molar-refractivity contribution < 1.29 is 9.72 Å². The highest BCUT2D eigenvalue weighted by Gasteiger charge is 2.25. The molecule has 0 aliphatic heterocycles. The van der Waals surface area contributed by atoms with Crippen molar-refractivity contribution in [2.45, 2.75) is 51.5 Å². The van der Waals surface area contributed by atoms with Crippen molar-refractivity contribution in [3.8, 4) is 0 Å². The minimum absolute atomic E-state index is 0.229. The van der Waals surface area contributed by atoms with Crippen molar-refractivity contribution >= 4 is 5.78 Å². The first-order valence-corrected chi connectivity index (χ1v) is 6.85. The molecule has 0 spiro atoms. The van der Waals surface area contributed by atoms with Crippen molar-refractivity contribution in [2.24, 2.45) is 0 Å². The van der Waals surface area contributed by atoms with Crippen molar-refractivity contribution in [3.63, 3.8) is 0 Å². The number of rotatable bonds is 9. The van der Waals surface area contributed by atoms with E-state index in [0.29, 0.717) is 6.42 Å². The van der Waals surface area contributed by atoms with E-state index in [1.54, 1.807) is 6.92 Å². The minimum atomic E-state index is -1.01. The van der Waals surface area contributed by atoms with Crippen molar-refractivity contribution in [3.05, 3.63) is 46.0 Å². The van der Waals surface area contributed by atoms with E-state index in [9.17, 15) is 14.9 Å². The van der Waals surface area contributed by atoms with Crippen LogP contribution in [-0.2, 0) is 11.2 Å². The normalized spacial score (nSPS) is 12.1. The van der Waals surface area contributed by atoms with Crippen LogP contribution < -0.4 is 0 Å². The van der Waals surface area contributed by atoms with Gasteiger partial charge in [-0.1, -0.05) is 43.7 Å². The Labute approximate surface area is 114 Å². The number of aryl methyl sites for hydroxylation is 1. The van der Waals surface area contributed by atoms with Gasteiger partial charge in [0.2, 0.25) is 5.78 Å². The maximum Gasteiger partial charge on any atom is 0.270 e. The first kappa shape index (κ1) is 15.3. The third-order valence-corrected chi connectivity index (χ3v) is 3.24. The zero-order chi connectivity index (χ0) is 14.1. The zero-order valence-corrected chi connectivity index (χ0v) is 11.4. The van der Waals surface area contributed by atoms with E-state index in [2.05, 4.69) is 12.1 Å². The van der Waals surface area contributed by atoms with Crippen LogP contribution in [0.3, 0.4) is 0 Å². The Morgan fingerprint density at radius 3 is 2.47 bits per heavy atom. The number of hydrogen-bond acceptors (Lipinski definition) is 3. The van der Waals surface area contributed by atoms with Gasteiger partial charge in [-0.3, -0.25) is 14.9 Å². The Balaban J connectivity index is 2.17. The summed E-state index contributed by atoms with van der Waals surface area (Å²) in [6, 6.07) is 9.19. The molecule has 0 aliphatic rings. The molecule has 1 unspecified atom stereocenters. The van der Waals surface area contributed by atoms with Crippen LogP contribution in [0.5, 0.6) is 0 Å². The number of carbonyl (C=O) groups excluding carboxylic acids is 1. The number of ketones is 1. The molecule has 0 N–H and O–H groups in total. The summed E-state index contributed by atoms with van der Waals surface area (Å²) in [5, 5.41) is 10.6. The Morgan fingerprint density at radius 1 is 1.21 bits per heavy atom. The molecule has 4 nitrogen and oxygen atoms in total. The molecule has 1 aromatic rings. The smallest absolute Gasteiger partial charge is 0.270 e. The highest BCUT2D eigenvalue weighted by atomic mass is 16.6. The summed E-state index contributed by atoms with van der Waals surface area (Å²) in [4.78, 5) is 21.8. The second-order valence-electron chi connectivity index (χ2n) is 4.72. The largest absolute Gasteiger partial charge is 0.292 e. The Morgan fingerprint density at radius 2 is 1.89 bits per heavy atom. The van der Waals surface area contributed by atoms with E-state index in [1.807, 2.05) is 18.2 Å². The van der Waals surface area contributed by atoms with Crippen LogP contribution in [0.15, 0.2) is 30.3 Å². The summed E-state index contributed by atoms with van der Waals surface area (Å²) >= 11 is 0. The van der Waals surface area contributed by atoms with Gasteiger partial charge in [0.15, 0.2) is 0 Å². The molecule has 4 heteroatoms. The quantitative estimate of drug-likeness (QED) is 0.389. The molecule has 1 aromatic carbocycles. The Kier molecular flexibility index (Phi) is 6.79. The molecular formula is C15H21NO3. The molecule has 1 rings (SSSR count). The summed E-state index contributed by atoms with van der Waals surface area (Å²) < 4.78 is 0. The second kappa shape index (κ2) is 8.40. The molecule has 0 radical (unpaired) electrons. The van der Waals surface area contributed by atoms with Crippen molar-refractivity contribution in [2.75, 3.05) is 0 Å². The lowest BCUT2D eigenvalue weighted by Gasteiger charge is -2.05. The molecule has 0 heterocycles. The van der Waals surface area contributed by atoms with E-state index >= 15 is 0 Å². The third-order valence-electron chi connectivity index (χ3n) is 3.24. The number of nitrogens with zero attached hydrogens (tertiary/aromatic N) is 1. The van der Waals surface area contributed by atoms with Crippen molar-refractivity contribution in [1.29, 1.82) is 0 Å². The number of Topliss-reactive ketones (excluding diaryl/α,β-unsaturated/α-hetero) is 1. The molecule has 0 saturated carbocycles. The van der Waals surface area contributed by atoms with Gasteiger partial charge in [0.05, 0.1) is 0 Å². The van der Waals surface area contributed by atoms with Gasteiger partial charge in [0.1, 0.15) is 0 Å². The van der Waals surface area contributed by atoms with Crippen molar-refractivity contribution in [1.82, 2.24) is 0 Å². The molecule has 104 valence electrons. The van der Waals surface area contributed by atoms with Gasteiger partial charge in [-0.05, 0) is 24.8 Å². The maximum absolute atomic E-state index is 11.6. The summed E-state index contributed by atoms with van der Waals surface area (Å²) in [6.45, 7) is 1.68. The Bertz CT molecular complexity index is 403. The summed E-state index contributed by atoms with van der Waals surface area (Å²) in [7, 11) is 0. The fraction of sp³-hybridized carbons (Fsp3) is 0.533. The number of hydrogen-bond donors (Lipinski definition) is 0. The molecule has 19 heavy (non-hydrogen) atoms. The average Bonchev–Trinajstić information content (AvgIpc) is 2.40. The number of unbranched alkanes of at least 4 members (excludes halogenated alkanes) is 2. The van der Waals surface area contributed by atoms with Crippen LogP contribution >= 0.6 is 0 Å². The van der Waals surface area contributed by atoms with E-state index in [4.69, 9.17) is 0 Å². The van der Waals surface area contributed by atoms with Gasteiger partial charge in [0.25, 0.3) is 6.04 Å². The van der Waals surface area contributed by atoms with Gasteiger partial charge in [0, 0.05) is 17.8 Å². The van der Waals surface area contributed by atoms with Gasteiger partial charge < -0.3 is 0 Å². The van der Waals surface area contributed by atoms with Crippen LogP contribution in [-0.4, -0.2) is 16.7 Å². The van der Waals surface area contributed by atoms with Gasteiger partial charge in [-0.15, -0.1) is 0 Å².